The van der Waals surface area contributed by atoms with Gasteiger partial charge in [0, 0.05) is 12.6 Å². The number of nitrogens with zero attached hydrogens (tertiary/aromatic N) is 2. The molecule has 1 fully saturated rings. The maximum atomic E-state index is 13.9. The maximum absolute atomic E-state index is 13.9. The van der Waals surface area contributed by atoms with Crippen molar-refractivity contribution in [3.8, 4) is 23.0 Å². The van der Waals surface area contributed by atoms with Crippen molar-refractivity contribution in [3.63, 3.8) is 0 Å². The Morgan fingerprint density at radius 3 is 2.53 bits per heavy atom. The Kier molecular flexibility index (Phi) is 6.51. The van der Waals surface area contributed by atoms with Crippen LogP contribution >= 0.6 is 0 Å². The molecule has 190 valence electrons. The summed E-state index contributed by atoms with van der Waals surface area (Å²) in [5.74, 6) is 1.69. The average Bonchev–Trinajstić information content (AvgIpc) is 3.65. The molecule has 0 saturated heterocycles. The number of hydrogen-bond acceptors (Lipinski definition) is 5. The second-order valence-electron chi connectivity index (χ2n) is 9.79. The topological polar surface area (TPSA) is 85.9 Å². The first-order valence-electron chi connectivity index (χ1n) is 12.5. The molecule has 1 atom stereocenters. The zero-order valence-electron chi connectivity index (χ0n) is 21.1. The number of hydrogen-bond donors (Lipinski definition) is 1. The van der Waals surface area contributed by atoms with Gasteiger partial charge in [0.1, 0.15) is 17.0 Å². The van der Waals surface area contributed by atoms with Gasteiger partial charge in [-0.3, -0.25) is 9.59 Å². The first-order chi connectivity index (χ1) is 17.4. The first kappa shape index (κ1) is 24.0. The molecule has 1 aliphatic heterocycles. The summed E-state index contributed by atoms with van der Waals surface area (Å²) in [5.41, 5.74) is 1.29. The second-order valence-corrected chi connectivity index (χ2v) is 9.79. The Bertz CT molecular complexity index is 1240. The molecule has 36 heavy (non-hydrogen) atoms. The van der Waals surface area contributed by atoms with E-state index in [2.05, 4.69) is 5.32 Å². The molecule has 0 bridgehead atoms. The number of nitrogens with one attached hydrogen (secondary N) is 1. The molecular weight excluding hydrogens is 458 g/mol. The van der Waals surface area contributed by atoms with Crippen molar-refractivity contribution >= 4 is 11.8 Å². The summed E-state index contributed by atoms with van der Waals surface area (Å²) >= 11 is 0. The Morgan fingerprint density at radius 2 is 1.83 bits per heavy atom. The van der Waals surface area contributed by atoms with Gasteiger partial charge in [-0.1, -0.05) is 18.9 Å². The number of fused-ring (bicyclic) bond motifs is 1. The molecule has 0 spiro atoms. The van der Waals surface area contributed by atoms with Gasteiger partial charge in [-0.15, -0.1) is 0 Å². The predicted octanol–water partition coefficient (Wildman–Crippen LogP) is 4.28. The summed E-state index contributed by atoms with van der Waals surface area (Å²) in [4.78, 5) is 29.4. The number of amides is 2. The normalized spacial score (nSPS) is 19.9. The summed E-state index contributed by atoms with van der Waals surface area (Å²) in [5, 5.41) is 3.24. The van der Waals surface area contributed by atoms with Gasteiger partial charge in [-0.25, -0.2) is 0 Å². The fourth-order valence-electron chi connectivity index (χ4n) is 5.45. The molecule has 8 nitrogen and oxygen atoms in total. The third-order valence-electron chi connectivity index (χ3n) is 7.53. The van der Waals surface area contributed by atoms with Gasteiger partial charge in [0.25, 0.3) is 5.91 Å². The molecular formula is C28H33N3O5. The molecule has 2 amide bonds. The largest absolute Gasteiger partial charge is 0.493 e. The maximum Gasteiger partial charge on any atom is 0.271 e. The Labute approximate surface area is 211 Å². The highest BCUT2D eigenvalue weighted by molar-refractivity contribution is 6.00. The van der Waals surface area contributed by atoms with Gasteiger partial charge in [0.2, 0.25) is 5.91 Å². The zero-order valence-corrected chi connectivity index (χ0v) is 21.1. The lowest BCUT2D eigenvalue weighted by atomic mass is 9.93. The van der Waals surface area contributed by atoms with Gasteiger partial charge in [0.05, 0.1) is 32.7 Å². The van der Waals surface area contributed by atoms with Crippen LogP contribution in [0.2, 0.25) is 0 Å². The molecule has 1 aromatic carbocycles. The number of aromatic nitrogens is 1. The quantitative estimate of drug-likeness (QED) is 0.508. The van der Waals surface area contributed by atoms with E-state index in [1.807, 2.05) is 54.0 Å². The van der Waals surface area contributed by atoms with Crippen LogP contribution < -0.4 is 14.8 Å². The predicted molar refractivity (Wildman–Crippen MR) is 135 cm³/mol. The van der Waals surface area contributed by atoms with Crippen molar-refractivity contribution in [2.24, 2.45) is 0 Å². The van der Waals surface area contributed by atoms with E-state index in [0.717, 1.165) is 36.9 Å². The minimum Gasteiger partial charge on any atom is -0.493 e. The summed E-state index contributed by atoms with van der Waals surface area (Å²) in [6, 6.07) is 13.3. The van der Waals surface area contributed by atoms with Gasteiger partial charge in [0.15, 0.2) is 11.5 Å². The Balaban J connectivity index is 1.47. The minimum absolute atomic E-state index is 0.111. The molecule has 1 N–H and O–H groups in total. The van der Waals surface area contributed by atoms with Crippen molar-refractivity contribution in [2.75, 3.05) is 20.8 Å². The summed E-state index contributed by atoms with van der Waals surface area (Å²) in [7, 11) is 3.20. The minimum atomic E-state index is -1.05. The van der Waals surface area contributed by atoms with Crippen molar-refractivity contribution in [1.29, 1.82) is 0 Å². The summed E-state index contributed by atoms with van der Waals surface area (Å²) in [6.07, 6.45) is 6.38. The van der Waals surface area contributed by atoms with Crippen LogP contribution in [0.15, 0.2) is 53.1 Å². The summed E-state index contributed by atoms with van der Waals surface area (Å²) in [6.45, 7) is 2.62. The third kappa shape index (κ3) is 4.25. The Hall–Kier alpha value is -3.68. The van der Waals surface area contributed by atoms with Crippen LogP contribution in [-0.4, -0.2) is 53.6 Å². The summed E-state index contributed by atoms with van der Waals surface area (Å²) < 4.78 is 18.3. The molecule has 2 aliphatic rings. The molecule has 2 aromatic heterocycles. The van der Waals surface area contributed by atoms with Crippen molar-refractivity contribution in [3.05, 3.63) is 60.0 Å². The molecule has 5 rings (SSSR count). The van der Waals surface area contributed by atoms with Crippen molar-refractivity contribution in [2.45, 2.75) is 57.2 Å². The Morgan fingerprint density at radius 1 is 1.08 bits per heavy atom. The number of methoxy groups -OCH3 is 2. The van der Waals surface area contributed by atoms with Crippen molar-refractivity contribution in [1.82, 2.24) is 14.8 Å². The molecule has 3 aromatic rings. The SMILES string of the molecule is COc1ccc(CCN2C(=O)c3ccc(-c4ccco4)n3CC2(C)C(=O)NC2CCCC2)cc1OC. The smallest absolute Gasteiger partial charge is 0.271 e. The molecule has 3 heterocycles. The molecule has 1 saturated carbocycles. The van der Waals surface area contributed by atoms with Gasteiger partial charge in [-0.05, 0) is 68.1 Å². The van der Waals surface area contributed by atoms with Crippen LogP contribution in [0.4, 0.5) is 0 Å². The van der Waals surface area contributed by atoms with Gasteiger partial charge >= 0.3 is 0 Å². The lowest BCUT2D eigenvalue weighted by molar-refractivity contribution is -0.133. The van der Waals surface area contributed by atoms with Crippen LogP contribution in [-0.2, 0) is 17.8 Å². The number of benzene rings is 1. The van der Waals surface area contributed by atoms with Crippen LogP contribution in [0, 0.1) is 0 Å². The lowest BCUT2D eigenvalue weighted by Gasteiger charge is -2.44. The van der Waals surface area contributed by atoms with Crippen LogP contribution in [0.5, 0.6) is 11.5 Å². The third-order valence-corrected chi connectivity index (χ3v) is 7.53. The van der Waals surface area contributed by atoms with Gasteiger partial charge < -0.3 is 28.7 Å². The highest BCUT2D eigenvalue weighted by Gasteiger charge is 2.48. The van der Waals surface area contributed by atoms with E-state index in [4.69, 9.17) is 13.9 Å². The van der Waals surface area contributed by atoms with Crippen molar-refractivity contribution < 1.29 is 23.5 Å². The molecule has 1 aliphatic carbocycles. The average molecular weight is 492 g/mol. The highest BCUT2D eigenvalue weighted by Crippen LogP contribution is 2.34. The number of carbonyl (C=O) groups excluding carboxylic acids is 2. The number of carbonyl (C=O) groups is 2. The van der Waals surface area contributed by atoms with Gasteiger partial charge in [-0.2, -0.15) is 0 Å². The van der Waals surface area contributed by atoms with Crippen LogP contribution in [0.3, 0.4) is 0 Å². The van der Waals surface area contributed by atoms with Crippen LogP contribution in [0.1, 0.15) is 48.7 Å². The van der Waals surface area contributed by atoms with E-state index in [-0.39, 0.29) is 17.9 Å². The monoisotopic (exact) mass is 491 g/mol. The number of furan rings is 1. The standard InChI is InChI=1S/C28H33N3O5/c1-28(27(33)29-20-7-4-5-8-20)18-30-21(23-9-6-16-36-23)11-12-22(30)26(32)31(28)15-14-19-10-13-24(34-2)25(17-19)35-3/h6,9-13,16-17,20H,4-5,7-8,14-15,18H2,1-3H3,(H,29,33). The second kappa shape index (κ2) is 9.76. The highest BCUT2D eigenvalue weighted by atomic mass is 16.5. The zero-order chi connectivity index (χ0) is 25.3. The lowest BCUT2D eigenvalue weighted by Crippen LogP contribution is -2.65. The molecule has 0 radical (unpaired) electrons. The fourth-order valence-corrected chi connectivity index (χ4v) is 5.45. The van der Waals surface area contributed by atoms with Crippen LogP contribution in [0.25, 0.3) is 11.5 Å². The van der Waals surface area contributed by atoms with E-state index >= 15 is 0 Å². The molecule has 8 heteroatoms. The van der Waals surface area contributed by atoms with E-state index < -0.39 is 5.54 Å². The van der Waals surface area contributed by atoms with E-state index in [0.29, 0.717) is 42.5 Å². The number of rotatable bonds is 8. The van der Waals surface area contributed by atoms with E-state index in [1.54, 1.807) is 25.4 Å². The van der Waals surface area contributed by atoms with E-state index in [1.165, 1.54) is 0 Å². The fraction of sp³-hybridized carbons (Fsp3) is 0.429. The number of ether oxygens (including phenoxy) is 2. The van der Waals surface area contributed by atoms with E-state index in [9.17, 15) is 9.59 Å². The first-order valence-corrected chi connectivity index (χ1v) is 12.5. The molecule has 1 unspecified atom stereocenters.